The molecule has 0 spiro atoms. The predicted molar refractivity (Wildman–Crippen MR) is 536 cm³/mol. The van der Waals surface area contributed by atoms with E-state index in [2.05, 4.69) is 338 Å². The van der Waals surface area contributed by atoms with Crippen molar-refractivity contribution in [3.63, 3.8) is 0 Å². The summed E-state index contributed by atoms with van der Waals surface area (Å²) in [6.45, 7) is 0. The molecule has 130 heavy (non-hydrogen) atoms. The molecule has 0 fully saturated rings. The van der Waals surface area contributed by atoms with Crippen LogP contribution in [0, 0.1) is 0 Å². The van der Waals surface area contributed by atoms with Gasteiger partial charge in [0.1, 0.15) is 0 Å². The van der Waals surface area contributed by atoms with E-state index in [1.165, 1.54) is 96.0 Å². The molecule has 27 aromatic rings. The van der Waals surface area contributed by atoms with Crippen LogP contribution in [-0.4, -0.2) is 62.7 Å². The molecular formula is C116H73N13S. The molecule has 0 unspecified atom stereocenters. The van der Waals surface area contributed by atoms with Crippen molar-refractivity contribution in [3.8, 4) is 97.0 Å². The predicted octanol–water partition coefficient (Wildman–Crippen LogP) is 29.2. The molecule has 14 heteroatoms. The summed E-state index contributed by atoms with van der Waals surface area (Å²) in [5.41, 5.74) is 21.5. The highest BCUT2D eigenvalue weighted by molar-refractivity contribution is 7.26. The Labute approximate surface area is 749 Å². The fourth-order valence-electron chi connectivity index (χ4n) is 19.3. The lowest BCUT2D eigenvalue weighted by atomic mass is 9.98. The van der Waals surface area contributed by atoms with Gasteiger partial charge in [-0.15, -0.1) is 11.3 Å². The Balaban J connectivity index is 0.000000108. The Bertz CT molecular complexity index is 8950. The molecule has 9 aromatic heterocycles. The van der Waals surface area contributed by atoms with E-state index in [-0.39, 0.29) is 0 Å². The van der Waals surface area contributed by atoms with E-state index in [9.17, 15) is 0 Å². The molecule has 27 rings (SSSR count). The van der Waals surface area contributed by atoms with E-state index in [1.807, 2.05) is 139 Å². The Morgan fingerprint density at radius 1 is 0.177 bits per heavy atom. The third-order valence-corrected chi connectivity index (χ3v) is 26.2. The zero-order valence-corrected chi connectivity index (χ0v) is 70.7. The molecule has 0 bridgehead atoms. The van der Waals surface area contributed by atoms with Gasteiger partial charge in [0.25, 0.3) is 0 Å². The van der Waals surface area contributed by atoms with Crippen LogP contribution in [0.1, 0.15) is 0 Å². The first-order valence-electron chi connectivity index (χ1n) is 43.5. The topological polar surface area (TPSA) is 128 Å². The summed E-state index contributed by atoms with van der Waals surface area (Å²) < 4.78 is 14.2. The van der Waals surface area contributed by atoms with Gasteiger partial charge in [-0.1, -0.05) is 328 Å². The first kappa shape index (κ1) is 75.1. The van der Waals surface area contributed by atoms with E-state index < -0.39 is 0 Å². The van der Waals surface area contributed by atoms with Gasteiger partial charge >= 0.3 is 0 Å². The van der Waals surface area contributed by atoms with Gasteiger partial charge in [0.05, 0.1) is 55.2 Å². The first-order chi connectivity index (χ1) is 64.5. The highest BCUT2D eigenvalue weighted by Gasteiger charge is 2.28. The van der Waals surface area contributed by atoms with Crippen LogP contribution in [0.5, 0.6) is 0 Å². The van der Waals surface area contributed by atoms with Crippen LogP contribution in [0.25, 0.3) is 237 Å². The fraction of sp³-hybridized carbons (Fsp3) is 0. The van der Waals surface area contributed by atoms with Gasteiger partial charge in [0.2, 0.25) is 11.9 Å². The molecule has 0 aliphatic carbocycles. The van der Waals surface area contributed by atoms with Crippen LogP contribution >= 0.6 is 11.3 Å². The van der Waals surface area contributed by atoms with Crippen molar-refractivity contribution in [1.82, 2.24) is 62.7 Å². The van der Waals surface area contributed by atoms with Crippen LogP contribution in [0.4, 0.5) is 0 Å². The maximum Gasteiger partial charge on any atom is 0.238 e. The minimum absolute atomic E-state index is 0.579. The Morgan fingerprint density at radius 3 is 0.954 bits per heavy atom. The normalized spacial score (nSPS) is 11.7. The second kappa shape index (κ2) is 31.3. The summed E-state index contributed by atoms with van der Waals surface area (Å²) >= 11 is 1.86. The van der Waals surface area contributed by atoms with Crippen LogP contribution < -0.4 is 0 Å². The number of hydrogen-bond donors (Lipinski definition) is 0. The summed E-state index contributed by atoms with van der Waals surface area (Å²) in [5, 5.41) is 17.2. The smallest absolute Gasteiger partial charge is 0.238 e. The summed E-state index contributed by atoms with van der Waals surface area (Å²) in [5.74, 6) is 4.48. The zero-order chi connectivity index (χ0) is 85.7. The zero-order valence-electron chi connectivity index (χ0n) is 69.9. The van der Waals surface area contributed by atoms with Crippen LogP contribution in [0.2, 0.25) is 0 Å². The maximum atomic E-state index is 5.25. The van der Waals surface area contributed by atoms with Crippen molar-refractivity contribution in [2.24, 2.45) is 0 Å². The van der Waals surface area contributed by atoms with Crippen molar-refractivity contribution in [3.05, 3.63) is 443 Å². The molecule has 608 valence electrons. The quantitative estimate of drug-likeness (QED) is 0.125. The Kier molecular flexibility index (Phi) is 18.1. The molecule has 0 radical (unpaired) electrons. The number of para-hydroxylation sites is 7. The average Bonchev–Trinajstić information content (AvgIpc) is 1.52. The van der Waals surface area contributed by atoms with Gasteiger partial charge in [0, 0.05) is 137 Å². The highest BCUT2D eigenvalue weighted by Crippen LogP contribution is 2.49. The van der Waals surface area contributed by atoms with Gasteiger partial charge in [-0.25, -0.2) is 29.9 Å². The highest BCUT2D eigenvalue weighted by atomic mass is 32.1. The molecule has 13 nitrogen and oxygen atoms in total. The minimum Gasteiger partial charge on any atom is -0.309 e. The number of nitrogens with zero attached hydrogens (tertiary/aromatic N) is 13. The third kappa shape index (κ3) is 12.6. The van der Waals surface area contributed by atoms with Crippen LogP contribution in [0.15, 0.2) is 443 Å². The third-order valence-electron chi connectivity index (χ3n) is 25.0. The maximum absolute atomic E-state index is 5.25. The standard InChI is InChI=1S/C45H29N5.C43H27N5.C28H17N3S/c1-4-14-30(15-5-1)43-46-44(31-16-6-2-7-17-31)48-45(47-43)32-24-26-34(27-25-32)50-40-23-13-11-21-36(40)38-28-41-37(29-42(38)50)35-20-10-12-22-39(35)49(41)33-18-8-3-9-19-33;1-4-16-28(17-5-1)41-44-42(29-18-6-2-7-19-29)46-43(45-41)48-36-27-15-13-25-34(36)38-32-23-11-10-22-31(32)37-33-24-12-14-26-35(33)47(39(37)40(38)48)30-20-8-3-9-21-30;1-2-8-18(9-3-1)19-16-29-28(30-17-19)31-23-12-6-4-11-22(23)26-24(31)15-14-21-20-10-5-7-13-25(20)32-27(21)26/h1-29H;1-27H;1-17H. The minimum atomic E-state index is 0.579. The number of rotatable bonds is 11. The molecule has 0 saturated heterocycles. The average molecular weight is 1680 g/mol. The Morgan fingerprint density at radius 2 is 0.500 bits per heavy atom. The van der Waals surface area contributed by atoms with Crippen molar-refractivity contribution in [2.75, 3.05) is 0 Å². The number of hydrogen-bond acceptors (Lipinski definition) is 9. The van der Waals surface area contributed by atoms with Gasteiger partial charge in [-0.3, -0.25) is 9.13 Å². The fourth-order valence-corrected chi connectivity index (χ4v) is 20.5. The molecule has 0 aliphatic rings. The second-order valence-electron chi connectivity index (χ2n) is 32.5. The van der Waals surface area contributed by atoms with Crippen molar-refractivity contribution in [2.45, 2.75) is 0 Å². The van der Waals surface area contributed by atoms with Gasteiger partial charge in [0.15, 0.2) is 29.1 Å². The molecule has 9 heterocycles. The number of thiophene rings is 1. The van der Waals surface area contributed by atoms with Crippen LogP contribution in [-0.2, 0) is 0 Å². The number of benzene rings is 18. The lowest BCUT2D eigenvalue weighted by molar-refractivity contribution is 0.953. The largest absolute Gasteiger partial charge is 0.309 e. The second-order valence-corrected chi connectivity index (χ2v) is 33.5. The molecule has 0 saturated carbocycles. The number of aromatic nitrogens is 13. The van der Waals surface area contributed by atoms with Gasteiger partial charge < -0.3 is 13.7 Å². The first-order valence-corrected chi connectivity index (χ1v) is 44.4. The van der Waals surface area contributed by atoms with E-state index >= 15 is 0 Å². The van der Waals surface area contributed by atoms with Gasteiger partial charge in [-0.05, 0) is 119 Å². The van der Waals surface area contributed by atoms with E-state index in [0.29, 0.717) is 41.0 Å². The summed E-state index contributed by atoms with van der Waals surface area (Å²) in [4.78, 5) is 39.8. The summed E-state index contributed by atoms with van der Waals surface area (Å²) in [6.07, 6.45) is 3.83. The van der Waals surface area contributed by atoms with Gasteiger partial charge in [-0.2, -0.15) is 9.97 Å². The van der Waals surface area contributed by atoms with E-state index in [1.54, 1.807) is 0 Å². The molecule has 18 aromatic carbocycles. The monoisotopic (exact) mass is 1680 g/mol. The SMILES string of the molecule is c1ccc(-c2cnc(-n3c4ccccc4c4c5sc6ccccc6c5ccc43)nc2)cc1.c1ccc(-c2nc(-c3ccccc3)nc(-c3ccc(-n4c5ccccc5c5cc6c(cc54)c4ccccc4n6-c4ccccc4)cc3)n2)cc1.c1ccc(-c2nc(-c3ccccc3)nc(-n3c4ccccc4c4c5ccccc5c5c6ccccc6n(-c6ccccc6)c5c43)n2)cc1. The molecule has 0 atom stereocenters. The number of fused-ring (bicyclic) bond motifs is 23. The van der Waals surface area contributed by atoms with Crippen molar-refractivity contribution >= 4 is 151 Å². The van der Waals surface area contributed by atoms with Crippen molar-refractivity contribution in [1.29, 1.82) is 0 Å². The molecular weight excluding hydrogens is 1610 g/mol. The molecule has 0 N–H and O–H groups in total. The Hall–Kier alpha value is -17.5. The lowest BCUT2D eigenvalue weighted by Crippen LogP contribution is -2.07. The summed E-state index contributed by atoms with van der Waals surface area (Å²) in [7, 11) is 0. The van der Waals surface area contributed by atoms with E-state index in [4.69, 9.17) is 39.9 Å². The summed E-state index contributed by atoms with van der Waals surface area (Å²) in [6, 6.07) is 151. The molecule has 0 amide bonds. The van der Waals surface area contributed by atoms with Crippen LogP contribution in [0.3, 0.4) is 0 Å². The van der Waals surface area contributed by atoms with Crippen molar-refractivity contribution < 1.29 is 0 Å². The lowest BCUT2D eigenvalue weighted by Gasteiger charge is -2.14. The van der Waals surface area contributed by atoms with E-state index in [0.717, 1.165) is 100 Å². The molecule has 0 aliphatic heterocycles.